The quantitative estimate of drug-likeness (QED) is 0.343. The van der Waals surface area contributed by atoms with Crippen molar-refractivity contribution in [2.75, 3.05) is 26.9 Å². The molecule has 1 spiro atoms. The second-order valence-corrected chi connectivity index (χ2v) is 13.0. The first-order valence-electron chi connectivity index (χ1n) is 16.6. The number of esters is 1. The van der Waals surface area contributed by atoms with Crippen LogP contribution in [-0.2, 0) is 33.4 Å². The van der Waals surface area contributed by atoms with E-state index in [4.69, 9.17) is 14.2 Å². The smallest absolute Gasteiger partial charge is 0.313 e. The highest BCUT2D eigenvalue weighted by Crippen LogP contribution is 2.57. The van der Waals surface area contributed by atoms with Crippen molar-refractivity contribution in [1.29, 1.82) is 0 Å². The van der Waals surface area contributed by atoms with Crippen LogP contribution >= 0.6 is 0 Å². The fourth-order valence-electron chi connectivity index (χ4n) is 7.65. The zero-order chi connectivity index (χ0) is 34.0. The minimum atomic E-state index is -1.46. The molecule has 4 heterocycles. The fourth-order valence-corrected chi connectivity index (χ4v) is 7.65. The average Bonchev–Trinajstić information content (AvgIpc) is 3.73. The van der Waals surface area contributed by atoms with Gasteiger partial charge in [-0.25, -0.2) is 0 Å². The molecule has 3 amide bonds. The van der Waals surface area contributed by atoms with E-state index in [0.717, 1.165) is 0 Å². The molecule has 2 N–H and O–H groups in total. The highest BCUT2D eigenvalue weighted by atomic mass is 16.6. The summed E-state index contributed by atoms with van der Waals surface area (Å²) in [6, 6.07) is 15.1. The van der Waals surface area contributed by atoms with Gasteiger partial charge in [0.1, 0.15) is 23.7 Å². The number of fused-ring (bicyclic) bond motifs is 2. The van der Waals surface area contributed by atoms with Crippen molar-refractivity contribution in [3.05, 3.63) is 96.1 Å². The molecule has 8 atom stereocenters. The van der Waals surface area contributed by atoms with E-state index in [0.29, 0.717) is 17.5 Å². The van der Waals surface area contributed by atoms with E-state index in [1.165, 1.54) is 12.0 Å². The molecule has 0 saturated carbocycles. The van der Waals surface area contributed by atoms with Gasteiger partial charge in [-0.15, -0.1) is 0 Å². The van der Waals surface area contributed by atoms with E-state index in [1.54, 1.807) is 41.3 Å². The number of nitrogens with zero attached hydrogens (tertiary/aromatic N) is 2. The van der Waals surface area contributed by atoms with Crippen molar-refractivity contribution in [1.82, 2.24) is 15.1 Å². The van der Waals surface area contributed by atoms with E-state index >= 15 is 0 Å². The SMILES string of the molecule is COC[C@@H]1NC(=O)CC/C=C\CN(C(C)C)C(=O)[C@H]2N([C@H](CO)c3ccccc3)C(=O)[C@@H]3[C@@H](C(=O)O[C@H]1c1ccccc1)[C@H]1C=C[C@]32O1. The summed E-state index contributed by atoms with van der Waals surface area (Å²) in [5.41, 5.74) is -0.164. The molecule has 11 heteroatoms. The predicted molar refractivity (Wildman–Crippen MR) is 175 cm³/mol. The number of amides is 3. The predicted octanol–water partition coefficient (Wildman–Crippen LogP) is 2.87. The van der Waals surface area contributed by atoms with Gasteiger partial charge in [-0.3, -0.25) is 19.2 Å². The van der Waals surface area contributed by atoms with Gasteiger partial charge < -0.3 is 34.4 Å². The first kappa shape index (κ1) is 33.6. The topological polar surface area (TPSA) is 135 Å². The Morgan fingerprint density at radius 3 is 2.38 bits per heavy atom. The van der Waals surface area contributed by atoms with Crippen molar-refractivity contribution < 1.29 is 38.5 Å². The Morgan fingerprint density at radius 2 is 1.71 bits per heavy atom. The van der Waals surface area contributed by atoms with Gasteiger partial charge in [0, 0.05) is 26.1 Å². The third-order valence-corrected chi connectivity index (χ3v) is 9.85. The lowest BCUT2D eigenvalue weighted by Gasteiger charge is -2.40. The van der Waals surface area contributed by atoms with Crippen LogP contribution in [0.4, 0.5) is 0 Å². The molecular formula is C37H43N3O8. The number of carbonyl (C=O) groups is 4. The van der Waals surface area contributed by atoms with Crippen molar-refractivity contribution >= 4 is 23.7 Å². The summed E-state index contributed by atoms with van der Waals surface area (Å²) in [5.74, 6) is -3.92. The molecular weight excluding hydrogens is 614 g/mol. The number of methoxy groups -OCH3 is 1. The van der Waals surface area contributed by atoms with Crippen molar-refractivity contribution in [3.63, 3.8) is 0 Å². The number of aliphatic hydroxyl groups is 1. The van der Waals surface area contributed by atoms with Gasteiger partial charge in [0.15, 0.2) is 0 Å². The maximum absolute atomic E-state index is 14.8. The van der Waals surface area contributed by atoms with Gasteiger partial charge in [-0.1, -0.05) is 85.0 Å². The number of aliphatic hydroxyl groups excluding tert-OH is 1. The van der Waals surface area contributed by atoms with Crippen LogP contribution in [0.2, 0.25) is 0 Å². The zero-order valence-corrected chi connectivity index (χ0v) is 27.4. The first-order valence-corrected chi connectivity index (χ1v) is 16.6. The summed E-state index contributed by atoms with van der Waals surface area (Å²) in [6.45, 7) is 3.63. The van der Waals surface area contributed by atoms with E-state index < -0.39 is 66.3 Å². The number of hydrogen-bond donors (Lipinski definition) is 2. The largest absolute Gasteiger partial charge is 0.455 e. The molecule has 0 unspecified atom stereocenters. The molecule has 4 aliphatic heterocycles. The van der Waals surface area contributed by atoms with Crippen LogP contribution in [0.3, 0.4) is 0 Å². The molecule has 0 aromatic heterocycles. The number of carbonyl (C=O) groups excluding carboxylic acids is 4. The summed E-state index contributed by atoms with van der Waals surface area (Å²) >= 11 is 0. The maximum atomic E-state index is 14.8. The number of hydrogen-bond acceptors (Lipinski definition) is 8. The molecule has 4 aliphatic rings. The van der Waals surface area contributed by atoms with Gasteiger partial charge in [0.2, 0.25) is 17.7 Å². The van der Waals surface area contributed by atoms with Gasteiger partial charge in [0.05, 0.1) is 37.3 Å². The number of allylic oxidation sites excluding steroid dienone is 1. The molecule has 0 radical (unpaired) electrons. The molecule has 2 fully saturated rings. The van der Waals surface area contributed by atoms with Crippen LogP contribution in [0, 0.1) is 11.8 Å². The monoisotopic (exact) mass is 657 g/mol. The Hall–Kier alpha value is -4.32. The minimum Gasteiger partial charge on any atom is -0.455 e. The fraction of sp³-hybridized carbons (Fsp3) is 0.459. The average molecular weight is 658 g/mol. The second kappa shape index (κ2) is 14.0. The number of nitrogens with one attached hydrogen (secondary N) is 1. The number of benzene rings is 2. The highest BCUT2D eigenvalue weighted by molar-refractivity contribution is 5.99. The molecule has 5 bridgehead atoms. The van der Waals surface area contributed by atoms with Crippen molar-refractivity contribution in [2.24, 2.45) is 11.8 Å². The van der Waals surface area contributed by atoms with Gasteiger partial charge >= 0.3 is 5.97 Å². The first-order chi connectivity index (χ1) is 23.2. The highest BCUT2D eigenvalue weighted by Gasteiger charge is 2.74. The molecule has 254 valence electrons. The molecule has 48 heavy (non-hydrogen) atoms. The Balaban J connectivity index is 1.48. The third kappa shape index (κ3) is 5.95. The summed E-state index contributed by atoms with van der Waals surface area (Å²) in [6.07, 6.45) is 6.01. The van der Waals surface area contributed by atoms with Crippen LogP contribution in [0.5, 0.6) is 0 Å². The third-order valence-electron chi connectivity index (χ3n) is 9.85. The van der Waals surface area contributed by atoms with Crippen LogP contribution in [0.15, 0.2) is 85.0 Å². The molecule has 2 aromatic rings. The number of likely N-dealkylation sites (tertiary alicyclic amines) is 1. The van der Waals surface area contributed by atoms with Crippen molar-refractivity contribution in [2.45, 2.75) is 68.7 Å². The second-order valence-electron chi connectivity index (χ2n) is 13.0. The van der Waals surface area contributed by atoms with E-state index in [1.807, 2.05) is 62.4 Å². The summed E-state index contributed by atoms with van der Waals surface area (Å²) in [4.78, 5) is 60.1. The van der Waals surface area contributed by atoms with E-state index in [-0.39, 0.29) is 37.4 Å². The molecule has 0 aliphatic carbocycles. The van der Waals surface area contributed by atoms with Crippen molar-refractivity contribution in [3.8, 4) is 0 Å². The number of ether oxygens (including phenoxy) is 3. The summed E-state index contributed by atoms with van der Waals surface area (Å²) in [7, 11) is 1.51. The molecule has 11 nitrogen and oxygen atoms in total. The molecule has 2 saturated heterocycles. The lowest BCUT2D eigenvalue weighted by molar-refractivity contribution is -0.163. The van der Waals surface area contributed by atoms with Gasteiger partial charge in [-0.2, -0.15) is 0 Å². The van der Waals surface area contributed by atoms with Crippen LogP contribution in [0.25, 0.3) is 0 Å². The Kier molecular flexibility index (Phi) is 9.82. The lowest BCUT2D eigenvalue weighted by Crippen LogP contribution is -2.58. The lowest BCUT2D eigenvalue weighted by atomic mass is 9.74. The van der Waals surface area contributed by atoms with Gasteiger partial charge in [-0.05, 0) is 31.4 Å². The van der Waals surface area contributed by atoms with Crippen LogP contribution < -0.4 is 5.32 Å². The van der Waals surface area contributed by atoms with E-state index in [9.17, 15) is 24.3 Å². The Morgan fingerprint density at radius 1 is 1.00 bits per heavy atom. The maximum Gasteiger partial charge on any atom is 0.313 e. The molecule has 6 rings (SSSR count). The summed E-state index contributed by atoms with van der Waals surface area (Å²) < 4.78 is 18.3. The number of cyclic esters (lactones) is 1. The van der Waals surface area contributed by atoms with Crippen LogP contribution in [0.1, 0.15) is 50.0 Å². The normalized spacial score (nSPS) is 31.9. The molecule has 2 aromatic carbocycles. The minimum absolute atomic E-state index is 0.0637. The summed E-state index contributed by atoms with van der Waals surface area (Å²) in [5, 5.41) is 13.8. The van der Waals surface area contributed by atoms with Crippen LogP contribution in [-0.4, -0.2) is 95.3 Å². The standard InChI is InChI=1S/C37H43N3O8/c1-23(2)39-20-12-6-11-17-29(42)38-26(22-46-3)32(25-15-9-5-10-16-25)47-36(45)30-28-18-19-37(48-28)31(30)34(43)40(33(37)35(39)44)27(21-41)24-13-7-4-8-14-24/h4-10,12-16,18-19,23,26-28,30-33,41H,11,17,20-22H2,1-3H3,(H,38,42)/b12-6-/t26-,27+,28+,30-,31-,32-,33+,37-/m0/s1. The van der Waals surface area contributed by atoms with E-state index in [2.05, 4.69) is 5.32 Å². The number of rotatable bonds is 7. The zero-order valence-electron chi connectivity index (χ0n) is 27.4. The Labute approximate surface area is 280 Å². The Bertz CT molecular complexity index is 1560. The van der Waals surface area contributed by atoms with Gasteiger partial charge in [0.25, 0.3) is 0 Å².